The van der Waals surface area contributed by atoms with Gasteiger partial charge in [0.1, 0.15) is 0 Å². The minimum absolute atomic E-state index is 0. The highest BCUT2D eigenvalue weighted by atomic mass is 35.5. The van der Waals surface area contributed by atoms with E-state index in [9.17, 15) is 4.79 Å². The normalized spacial score (nSPS) is 28.3. The number of rotatable bonds is 2. The van der Waals surface area contributed by atoms with E-state index in [0.717, 1.165) is 43.8 Å². The number of hydrogen-bond donors (Lipinski definition) is 1. The Morgan fingerprint density at radius 2 is 2.00 bits per heavy atom. The molecule has 2 aliphatic rings. The first kappa shape index (κ1) is 17.6. The molecule has 122 valence electrons. The molecule has 3 rings (SSSR count). The Hall–Kier alpha value is -0.770. The molecule has 0 aliphatic carbocycles. The summed E-state index contributed by atoms with van der Waals surface area (Å²) >= 11 is 5.97. The van der Waals surface area contributed by atoms with Crippen LogP contribution in [0.2, 0.25) is 5.02 Å². The van der Waals surface area contributed by atoms with E-state index in [0.29, 0.717) is 11.9 Å². The summed E-state index contributed by atoms with van der Waals surface area (Å²) in [7, 11) is 0. The lowest BCUT2D eigenvalue weighted by molar-refractivity contribution is -0.137. The number of benzene rings is 1. The van der Waals surface area contributed by atoms with E-state index < -0.39 is 0 Å². The predicted molar refractivity (Wildman–Crippen MR) is 92.6 cm³/mol. The molecule has 1 aromatic carbocycles. The maximum atomic E-state index is 12.9. The number of amides is 1. The highest BCUT2D eigenvalue weighted by Gasteiger charge is 2.35. The first-order valence-corrected chi connectivity index (χ1v) is 8.32. The number of carbonyl (C=O) groups is 1. The number of nitrogens with zero attached hydrogens (tertiary/aromatic N) is 1. The molecule has 0 bridgehead atoms. The van der Waals surface area contributed by atoms with Crippen LogP contribution in [0, 0.1) is 5.92 Å². The number of piperidine rings is 1. The van der Waals surface area contributed by atoms with Crippen LogP contribution in [0.3, 0.4) is 0 Å². The lowest BCUT2D eigenvalue weighted by Gasteiger charge is -2.33. The first-order valence-electron chi connectivity index (χ1n) is 7.94. The van der Waals surface area contributed by atoms with Gasteiger partial charge in [0.2, 0.25) is 5.91 Å². The van der Waals surface area contributed by atoms with Gasteiger partial charge >= 0.3 is 0 Å². The van der Waals surface area contributed by atoms with Crippen molar-refractivity contribution in [2.45, 2.75) is 44.7 Å². The number of nitrogens with one attached hydrogen (secondary N) is 1. The van der Waals surface area contributed by atoms with E-state index in [1.807, 2.05) is 12.1 Å². The summed E-state index contributed by atoms with van der Waals surface area (Å²) < 4.78 is 0. The molecule has 1 unspecified atom stereocenters. The Bertz CT molecular complexity index is 506. The van der Waals surface area contributed by atoms with Gasteiger partial charge in [-0.1, -0.05) is 23.7 Å². The third kappa shape index (κ3) is 3.76. The van der Waals surface area contributed by atoms with E-state index >= 15 is 0 Å². The molecule has 0 saturated carbocycles. The Labute approximate surface area is 143 Å². The summed E-state index contributed by atoms with van der Waals surface area (Å²) in [6, 6.07) is 8.65. The number of halogens is 2. The Kier molecular flexibility index (Phi) is 6.13. The van der Waals surface area contributed by atoms with Gasteiger partial charge in [-0.2, -0.15) is 0 Å². The average molecular weight is 343 g/mol. The van der Waals surface area contributed by atoms with Gasteiger partial charge in [-0.05, 0) is 56.8 Å². The van der Waals surface area contributed by atoms with E-state index in [-0.39, 0.29) is 24.4 Å². The van der Waals surface area contributed by atoms with E-state index in [1.54, 1.807) is 0 Å². The quantitative estimate of drug-likeness (QED) is 0.886. The Morgan fingerprint density at radius 3 is 2.68 bits per heavy atom. The molecule has 1 amide bonds. The first-order chi connectivity index (χ1) is 10.1. The summed E-state index contributed by atoms with van der Waals surface area (Å²) in [6.07, 6.45) is 4.09. The molecule has 2 fully saturated rings. The number of hydrogen-bond acceptors (Lipinski definition) is 2. The van der Waals surface area contributed by atoms with Gasteiger partial charge in [0.25, 0.3) is 0 Å². The van der Waals surface area contributed by atoms with Crippen LogP contribution in [0.1, 0.15) is 44.2 Å². The summed E-state index contributed by atoms with van der Waals surface area (Å²) in [5, 5.41) is 4.17. The minimum atomic E-state index is 0. The summed E-state index contributed by atoms with van der Waals surface area (Å²) in [6.45, 7) is 4.02. The molecule has 2 heterocycles. The predicted octanol–water partition coefficient (Wildman–Crippen LogP) is 3.81. The van der Waals surface area contributed by atoms with Crippen LogP contribution in [0.15, 0.2) is 24.3 Å². The van der Waals surface area contributed by atoms with Crippen LogP contribution >= 0.6 is 24.0 Å². The molecule has 0 aromatic heterocycles. The second kappa shape index (κ2) is 7.67. The van der Waals surface area contributed by atoms with Crippen molar-refractivity contribution < 1.29 is 4.79 Å². The summed E-state index contributed by atoms with van der Waals surface area (Å²) in [4.78, 5) is 15.0. The molecule has 0 spiro atoms. The van der Waals surface area contributed by atoms with Crippen molar-refractivity contribution in [3.63, 3.8) is 0 Å². The molecule has 2 saturated heterocycles. The van der Waals surface area contributed by atoms with Crippen molar-refractivity contribution in [3.05, 3.63) is 34.9 Å². The number of carbonyl (C=O) groups excluding carboxylic acids is 1. The van der Waals surface area contributed by atoms with E-state index in [2.05, 4.69) is 29.3 Å². The monoisotopic (exact) mass is 342 g/mol. The number of likely N-dealkylation sites (tertiary alicyclic amines) is 1. The molecule has 22 heavy (non-hydrogen) atoms. The molecular weight excluding hydrogens is 319 g/mol. The maximum Gasteiger partial charge on any atom is 0.226 e. The Morgan fingerprint density at radius 1 is 1.27 bits per heavy atom. The standard InChI is InChI=1S/C17H23ClN2O.ClH/c1-12-11-14(8-9-19-12)17(21)20-10-2-3-16(20)13-4-6-15(18)7-5-13;/h4-7,12,14,16,19H,2-3,8-11H2,1H3;1H/t12-,14-,16?;/m0./s1. The van der Waals surface area contributed by atoms with Gasteiger partial charge in [-0.25, -0.2) is 0 Å². The molecule has 1 aromatic rings. The van der Waals surface area contributed by atoms with Crippen LogP contribution in [0.25, 0.3) is 0 Å². The minimum Gasteiger partial charge on any atom is -0.335 e. The van der Waals surface area contributed by atoms with Gasteiger partial charge in [0, 0.05) is 23.5 Å². The molecule has 5 heteroatoms. The second-order valence-corrected chi connectivity index (χ2v) is 6.75. The van der Waals surface area contributed by atoms with Gasteiger partial charge in [0.05, 0.1) is 6.04 Å². The van der Waals surface area contributed by atoms with Gasteiger partial charge in [-0.3, -0.25) is 4.79 Å². The fraction of sp³-hybridized carbons (Fsp3) is 0.588. The zero-order valence-corrected chi connectivity index (χ0v) is 14.5. The van der Waals surface area contributed by atoms with Crippen LogP contribution in [-0.2, 0) is 4.79 Å². The fourth-order valence-electron chi connectivity index (χ4n) is 3.65. The molecule has 1 N–H and O–H groups in total. The lowest BCUT2D eigenvalue weighted by atomic mass is 9.91. The van der Waals surface area contributed by atoms with Crippen molar-refractivity contribution in [1.29, 1.82) is 0 Å². The SMILES string of the molecule is C[C@H]1C[C@@H](C(=O)N2CCCC2c2ccc(Cl)cc2)CCN1.Cl. The molecule has 3 atom stereocenters. The van der Waals surface area contributed by atoms with Crippen LogP contribution in [0.4, 0.5) is 0 Å². The van der Waals surface area contributed by atoms with Crippen LogP contribution in [-0.4, -0.2) is 29.9 Å². The van der Waals surface area contributed by atoms with E-state index in [1.165, 1.54) is 5.56 Å². The van der Waals surface area contributed by atoms with E-state index in [4.69, 9.17) is 11.6 Å². The van der Waals surface area contributed by atoms with Crippen molar-refractivity contribution in [1.82, 2.24) is 10.2 Å². The van der Waals surface area contributed by atoms with Crippen molar-refractivity contribution in [3.8, 4) is 0 Å². The molecule has 2 aliphatic heterocycles. The third-order valence-electron chi connectivity index (χ3n) is 4.76. The second-order valence-electron chi connectivity index (χ2n) is 6.32. The fourth-order valence-corrected chi connectivity index (χ4v) is 3.78. The zero-order chi connectivity index (χ0) is 14.8. The topological polar surface area (TPSA) is 32.3 Å². The van der Waals surface area contributed by atoms with Crippen molar-refractivity contribution in [2.75, 3.05) is 13.1 Å². The summed E-state index contributed by atoms with van der Waals surface area (Å²) in [5.74, 6) is 0.537. The molecule has 0 radical (unpaired) electrons. The Balaban J connectivity index is 0.00000176. The lowest BCUT2D eigenvalue weighted by Crippen LogP contribution is -2.44. The highest BCUT2D eigenvalue weighted by Crippen LogP contribution is 2.35. The largest absolute Gasteiger partial charge is 0.335 e. The van der Waals surface area contributed by atoms with Gasteiger partial charge in [-0.15, -0.1) is 12.4 Å². The van der Waals surface area contributed by atoms with Crippen molar-refractivity contribution in [2.24, 2.45) is 5.92 Å². The molecule has 3 nitrogen and oxygen atoms in total. The zero-order valence-electron chi connectivity index (χ0n) is 12.9. The maximum absolute atomic E-state index is 12.9. The molecular formula is C17H24Cl2N2O. The van der Waals surface area contributed by atoms with Crippen molar-refractivity contribution >= 4 is 29.9 Å². The third-order valence-corrected chi connectivity index (χ3v) is 5.02. The highest BCUT2D eigenvalue weighted by molar-refractivity contribution is 6.30. The van der Waals surface area contributed by atoms with Crippen LogP contribution < -0.4 is 5.32 Å². The smallest absolute Gasteiger partial charge is 0.226 e. The average Bonchev–Trinajstić information content (AvgIpc) is 2.96. The summed E-state index contributed by atoms with van der Waals surface area (Å²) in [5.41, 5.74) is 1.22. The van der Waals surface area contributed by atoms with Crippen LogP contribution in [0.5, 0.6) is 0 Å². The van der Waals surface area contributed by atoms with Gasteiger partial charge < -0.3 is 10.2 Å². The van der Waals surface area contributed by atoms with Gasteiger partial charge in [0.15, 0.2) is 0 Å².